The van der Waals surface area contributed by atoms with Gasteiger partial charge in [-0.05, 0) is 42.5 Å². The van der Waals surface area contributed by atoms with Crippen molar-refractivity contribution in [2.45, 2.75) is 4.90 Å². The van der Waals surface area contributed by atoms with Gasteiger partial charge >= 0.3 is 0 Å². The van der Waals surface area contributed by atoms with Gasteiger partial charge in [0.15, 0.2) is 11.5 Å². The van der Waals surface area contributed by atoms with E-state index in [0.717, 1.165) is 5.69 Å². The Labute approximate surface area is 193 Å². The van der Waals surface area contributed by atoms with Gasteiger partial charge in [-0.2, -0.15) is 0 Å². The van der Waals surface area contributed by atoms with E-state index in [2.05, 4.69) is 10.0 Å². The Bertz CT molecular complexity index is 1230. The van der Waals surface area contributed by atoms with Crippen LogP contribution >= 0.6 is 0 Å². The fourth-order valence-corrected chi connectivity index (χ4v) is 4.44. The van der Waals surface area contributed by atoms with E-state index in [1.54, 1.807) is 24.3 Å². The van der Waals surface area contributed by atoms with Crippen LogP contribution in [-0.4, -0.2) is 47.7 Å². The number of nitrogens with zero attached hydrogens (tertiary/aromatic N) is 1. The molecule has 1 aliphatic rings. The van der Waals surface area contributed by atoms with Crippen molar-refractivity contribution >= 4 is 27.3 Å². The van der Waals surface area contributed by atoms with Crippen LogP contribution < -0.4 is 24.4 Å². The first-order valence-corrected chi connectivity index (χ1v) is 12.0. The highest BCUT2D eigenvalue weighted by Crippen LogP contribution is 2.32. The van der Waals surface area contributed by atoms with Crippen molar-refractivity contribution in [2.24, 2.45) is 0 Å². The highest BCUT2D eigenvalue weighted by atomic mass is 32.2. The molecule has 0 unspecified atom stereocenters. The van der Waals surface area contributed by atoms with Crippen LogP contribution in [0.5, 0.6) is 11.5 Å². The first kappa shape index (κ1) is 22.5. The van der Waals surface area contributed by atoms with E-state index in [4.69, 9.17) is 9.47 Å². The molecule has 3 aromatic rings. The molecular formula is C24H25N3O5S. The lowest BCUT2D eigenvalue weighted by Crippen LogP contribution is -2.33. The first-order valence-electron chi connectivity index (χ1n) is 10.5. The first-order chi connectivity index (χ1) is 15.9. The molecule has 9 heteroatoms. The SMILES string of the molecule is CN(CCNC(=O)c1cccc(NS(=O)(=O)c2ccc3c(c2)OCCO3)c1)c1ccccc1. The van der Waals surface area contributed by atoms with Crippen LogP contribution in [0.4, 0.5) is 11.4 Å². The molecule has 0 aromatic heterocycles. The number of sulfonamides is 1. The molecule has 1 aliphatic heterocycles. The van der Waals surface area contributed by atoms with E-state index in [-0.39, 0.29) is 10.8 Å². The average molecular weight is 468 g/mol. The lowest BCUT2D eigenvalue weighted by atomic mass is 10.2. The average Bonchev–Trinajstić information content (AvgIpc) is 2.84. The topological polar surface area (TPSA) is 97.0 Å². The molecule has 0 fully saturated rings. The van der Waals surface area contributed by atoms with Gasteiger partial charge in [0.1, 0.15) is 13.2 Å². The van der Waals surface area contributed by atoms with Crippen LogP contribution in [0.25, 0.3) is 0 Å². The second-order valence-electron chi connectivity index (χ2n) is 7.50. The summed E-state index contributed by atoms with van der Waals surface area (Å²) in [5, 5.41) is 2.87. The minimum Gasteiger partial charge on any atom is -0.486 e. The maximum atomic E-state index is 12.8. The zero-order chi connectivity index (χ0) is 23.3. The molecule has 0 saturated carbocycles. The zero-order valence-electron chi connectivity index (χ0n) is 18.2. The molecule has 1 amide bonds. The van der Waals surface area contributed by atoms with Gasteiger partial charge in [0.2, 0.25) is 0 Å². The monoisotopic (exact) mass is 467 g/mol. The quantitative estimate of drug-likeness (QED) is 0.528. The van der Waals surface area contributed by atoms with E-state index < -0.39 is 10.0 Å². The Balaban J connectivity index is 1.38. The van der Waals surface area contributed by atoms with Crippen molar-refractivity contribution in [1.82, 2.24) is 5.32 Å². The smallest absolute Gasteiger partial charge is 0.262 e. The summed E-state index contributed by atoms with van der Waals surface area (Å²) >= 11 is 0. The van der Waals surface area contributed by atoms with Crippen LogP contribution in [0.2, 0.25) is 0 Å². The summed E-state index contributed by atoms with van der Waals surface area (Å²) in [4.78, 5) is 14.7. The normalized spacial score (nSPS) is 12.6. The second kappa shape index (κ2) is 9.83. The van der Waals surface area contributed by atoms with Crippen molar-refractivity contribution in [1.29, 1.82) is 0 Å². The van der Waals surface area contributed by atoms with Gasteiger partial charge in [-0.25, -0.2) is 8.42 Å². The molecular weight excluding hydrogens is 442 g/mol. The summed E-state index contributed by atoms with van der Waals surface area (Å²) in [5.41, 5.74) is 1.71. The molecule has 0 bridgehead atoms. The number of nitrogens with one attached hydrogen (secondary N) is 2. The minimum absolute atomic E-state index is 0.0468. The standard InChI is InChI=1S/C24H25N3O5S/c1-27(20-8-3-2-4-9-20)13-12-25-24(28)18-6-5-7-19(16-18)26-33(29,30)21-10-11-22-23(17-21)32-15-14-31-22/h2-11,16-17,26H,12-15H2,1H3,(H,25,28). The predicted octanol–water partition coefficient (Wildman–Crippen LogP) is 3.12. The fourth-order valence-electron chi connectivity index (χ4n) is 3.38. The van der Waals surface area contributed by atoms with Gasteiger partial charge in [-0.1, -0.05) is 24.3 Å². The summed E-state index contributed by atoms with van der Waals surface area (Å²) < 4.78 is 39.1. The summed E-state index contributed by atoms with van der Waals surface area (Å²) in [7, 11) is -1.92. The van der Waals surface area contributed by atoms with Crippen LogP contribution in [0.1, 0.15) is 10.4 Å². The van der Waals surface area contributed by atoms with Crippen molar-refractivity contribution in [3.8, 4) is 11.5 Å². The molecule has 0 radical (unpaired) electrons. The Kier molecular flexibility index (Phi) is 6.69. The van der Waals surface area contributed by atoms with Gasteiger partial charge in [0.05, 0.1) is 4.90 Å². The van der Waals surface area contributed by atoms with E-state index >= 15 is 0 Å². The van der Waals surface area contributed by atoms with Gasteiger partial charge in [-0.15, -0.1) is 0 Å². The maximum Gasteiger partial charge on any atom is 0.262 e. The molecule has 0 spiro atoms. The lowest BCUT2D eigenvalue weighted by Gasteiger charge is -2.19. The molecule has 172 valence electrons. The molecule has 33 heavy (non-hydrogen) atoms. The summed E-state index contributed by atoms with van der Waals surface area (Å²) in [6, 6.07) is 20.7. The molecule has 0 aliphatic carbocycles. The molecule has 0 saturated heterocycles. The summed E-state index contributed by atoms with van der Waals surface area (Å²) in [5.74, 6) is 0.617. The Morgan fingerprint density at radius 3 is 2.48 bits per heavy atom. The number of amides is 1. The number of carbonyl (C=O) groups excluding carboxylic acids is 1. The van der Waals surface area contributed by atoms with Crippen LogP contribution in [-0.2, 0) is 10.0 Å². The second-order valence-corrected chi connectivity index (χ2v) is 9.19. The number of likely N-dealkylation sites (N-methyl/N-ethyl adjacent to an activating group) is 1. The Hall–Kier alpha value is -3.72. The highest BCUT2D eigenvalue weighted by molar-refractivity contribution is 7.92. The third-order valence-corrected chi connectivity index (χ3v) is 6.51. The molecule has 3 aromatic carbocycles. The van der Waals surface area contributed by atoms with E-state index in [1.807, 2.05) is 42.3 Å². The Morgan fingerprint density at radius 1 is 0.939 bits per heavy atom. The van der Waals surface area contributed by atoms with E-state index in [9.17, 15) is 13.2 Å². The number of fused-ring (bicyclic) bond motifs is 1. The van der Waals surface area contributed by atoms with E-state index in [1.165, 1.54) is 18.2 Å². The van der Waals surface area contributed by atoms with Gasteiger partial charge in [0, 0.05) is 43.1 Å². The van der Waals surface area contributed by atoms with Crippen molar-refractivity contribution < 1.29 is 22.7 Å². The van der Waals surface area contributed by atoms with Crippen molar-refractivity contribution in [3.63, 3.8) is 0 Å². The third kappa shape index (κ3) is 5.56. The lowest BCUT2D eigenvalue weighted by molar-refractivity contribution is 0.0954. The fraction of sp³-hybridized carbons (Fsp3) is 0.208. The summed E-state index contributed by atoms with van der Waals surface area (Å²) in [6.45, 7) is 1.86. The number of hydrogen-bond donors (Lipinski definition) is 2. The third-order valence-electron chi connectivity index (χ3n) is 5.13. The number of carbonyl (C=O) groups is 1. The number of hydrogen-bond acceptors (Lipinski definition) is 6. The van der Waals surface area contributed by atoms with E-state index in [0.29, 0.717) is 49.1 Å². The Morgan fingerprint density at radius 2 is 1.70 bits per heavy atom. The predicted molar refractivity (Wildman–Crippen MR) is 127 cm³/mol. The van der Waals surface area contributed by atoms with Gasteiger partial charge in [0.25, 0.3) is 15.9 Å². The maximum absolute atomic E-state index is 12.8. The highest BCUT2D eigenvalue weighted by Gasteiger charge is 2.20. The largest absolute Gasteiger partial charge is 0.486 e. The number of anilines is 2. The zero-order valence-corrected chi connectivity index (χ0v) is 19.0. The minimum atomic E-state index is -3.87. The number of rotatable bonds is 8. The summed E-state index contributed by atoms with van der Waals surface area (Å²) in [6.07, 6.45) is 0. The van der Waals surface area contributed by atoms with Gasteiger partial charge < -0.3 is 19.7 Å². The van der Waals surface area contributed by atoms with Crippen molar-refractivity contribution in [2.75, 3.05) is 43.0 Å². The molecule has 2 N–H and O–H groups in total. The van der Waals surface area contributed by atoms with Crippen LogP contribution in [0.15, 0.2) is 77.7 Å². The van der Waals surface area contributed by atoms with Crippen LogP contribution in [0.3, 0.4) is 0 Å². The molecule has 1 heterocycles. The van der Waals surface area contributed by atoms with Crippen molar-refractivity contribution in [3.05, 3.63) is 78.4 Å². The van der Waals surface area contributed by atoms with Crippen LogP contribution in [0, 0.1) is 0 Å². The van der Waals surface area contributed by atoms with Gasteiger partial charge in [-0.3, -0.25) is 9.52 Å². The number of benzene rings is 3. The molecule has 4 rings (SSSR count). The number of para-hydroxylation sites is 1. The molecule has 8 nitrogen and oxygen atoms in total. The number of ether oxygens (including phenoxy) is 2. The molecule has 0 atom stereocenters.